The molecule has 0 aliphatic carbocycles. The van der Waals surface area contributed by atoms with Crippen molar-refractivity contribution >= 4 is 23.5 Å². The van der Waals surface area contributed by atoms with Crippen LogP contribution < -0.4 is 10.6 Å². The lowest BCUT2D eigenvalue weighted by Gasteiger charge is -2.29. The number of cyclic esters (lactones) is 2. The molecular formula is C18H22N2O5. The molecule has 0 spiro atoms. The summed E-state index contributed by atoms with van der Waals surface area (Å²) in [5.74, 6) is -2.65. The van der Waals surface area contributed by atoms with Crippen LogP contribution in [-0.2, 0) is 19.1 Å². The number of hydrogen-bond donors (Lipinski definition) is 2. The average Bonchev–Trinajstić information content (AvgIpc) is 2.51. The lowest BCUT2D eigenvalue weighted by atomic mass is 10.1. The van der Waals surface area contributed by atoms with Crippen LogP contribution >= 0.6 is 0 Å². The van der Waals surface area contributed by atoms with Crippen LogP contribution in [0.15, 0.2) is 36.0 Å². The number of carbonyl (C=O) groups excluding carboxylic acids is 3. The monoisotopic (exact) mass is 346 g/mol. The highest BCUT2D eigenvalue weighted by molar-refractivity contribution is 6.15. The van der Waals surface area contributed by atoms with Gasteiger partial charge in [0.25, 0.3) is 11.7 Å². The Morgan fingerprint density at radius 1 is 1.20 bits per heavy atom. The number of esters is 2. The number of benzene rings is 1. The summed E-state index contributed by atoms with van der Waals surface area (Å²) in [5.41, 5.74) is 0.781. The number of amides is 1. The first-order valence-corrected chi connectivity index (χ1v) is 7.99. The molecule has 134 valence electrons. The summed E-state index contributed by atoms with van der Waals surface area (Å²) in [6.07, 6.45) is 1.21. The molecule has 7 heteroatoms. The number of ether oxygens (including phenoxy) is 2. The number of hydrogen-bond acceptors (Lipinski definition) is 6. The van der Waals surface area contributed by atoms with Gasteiger partial charge in [-0.25, -0.2) is 9.59 Å². The molecule has 0 aromatic heterocycles. The van der Waals surface area contributed by atoms with Gasteiger partial charge >= 0.3 is 11.9 Å². The summed E-state index contributed by atoms with van der Waals surface area (Å²) in [6.45, 7) is 7.55. The fourth-order valence-corrected chi connectivity index (χ4v) is 2.08. The Kier molecular flexibility index (Phi) is 5.46. The topological polar surface area (TPSA) is 93.7 Å². The van der Waals surface area contributed by atoms with Crippen LogP contribution in [0.1, 0.15) is 38.1 Å². The highest BCUT2D eigenvalue weighted by Gasteiger charge is 2.38. The van der Waals surface area contributed by atoms with Gasteiger partial charge in [0.05, 0.1) is 0 Å². The predicted octanol–water partition coefficient (Wildman–Crippen LogP) is 2.20. The molecule has 1 aromatic rings. The molecule has 1 aliphatic rings. The minimum atomic E-state index is -1.28. The molecule has 1 amide bonds. The zero-order valence-corrected chi connectivity index (χ0v) is 14.7. The van der Waals surface area contributed by atoms with Gasteiger partial charge in [0.15, 0.2) is 5.57 Å². The average molecular weight is 346 g/mol. The van der Waals surface area contributed by atoms with E-state index in [1.165, 1.54) is 20.0 Å². The van der Waals surface area contributed by atoms with E-state index in [1.807, 2.05) is 13.8 Å². The molecule has 0 radical (unpaired) electrons. The van der Waals surface area contributed by atoms with Crippen molar-refractivity contribution in [3.63, 3.8) is 0 Å². The maximum Gasteiger partial charge on any atom is 0.350 e. The molecule has 0 unspecified atom stereocenters. The van der Waals surface area contributed by atoms with Crippen LogP contribution in [0.25, 0.3) is 0 Å². The van der Waals surface area contributed by atoms with Gasteiger partial charge < -0.3 is 20.1 Å². The molecule has 1 aromatic carbocycles. The van der Waals surface area contributed by atoms with Gasteiger partial charge in [-0.1, -0.05) is 19.9 Å². The summed E-state index contributed by atoms with van der Waals surface area (Å²) >= 11 is 0. The molecule has 1 aliphatic heterocycles. The van der Waals surface area contributed by atoms with E-state index in [4.69, 9.17) is 9.47 Å². The van der Waals surface area contributed by atoms with Crippen molar-refractivity contribution in [2.24, 2.45) is 5.92 Å². The van der Waals surface area contributed by atoms with Gasteiger partial charge in [-0.15, -0.1) is 0 Å². The molecule has 1 heterocycles. The highest BCUT2D eigenvalue weighted by atomic mass is 16.7. The van der Waals surface area contributed by atoms with E-state index in [1.54, 1.807) is 24.3 Å². The van der Waals surface area contributed by atoms with Crippen LogP contribution in [0.5, 0.6) is 0 Å². The largest absolute Gasteiger partial charge is 0.419 e. The SMILES string of the molecule is CC(C)CNC(=O)c1cccc(NC=C2C(=O)OC(C)(C)OC2=O)c1. The Hall–Kier alpha value is -2.83. The van der Waals surface area contributed by atoms with Crippen molar-refractivity contribution in [2.45, 2.75) is 33.5 Å². The van der Waals surface area contributed by atoms with E-state index < -0.39 is 17.7 Å². The Labute approximate surface area is 146 Å². The fourth-order valence-electron chi connectivity index (χ4n) is 2.08. The quantitative estimate of drug-likeness (QED) is 0.482. The zero-order valence-electron chi connectivity index (χ0n) is 14.7. The molecule has 2 N–H and O–H groups in total. The first kappa shape index (κ1) is 18.5. The van der Waals surface area contributed by atoms with Gasteiger partial charge in [0.2, 0.25) is 0 Å². The molecule has 7 nitrogen and oxygen atoms in total. The molecule has 25 heavy (non-hydrogen) atoms. The minimum absolute atomic E-state index is 0.191. The second kappa shape index (κ2) is 7.38. The summed E-state index contributed by atoms with van der Waals surface area (Å²) in [4.78, 5) is 35.8. The fraction of sp³-hybridized carbons (Fsp3) is 0.389. The van der Waals surface area contributed by atoms with E-state index in [0.717, 1.165) is 0 Å². The van der Waals surface area contributed by atoms with E-state index in [9.17, 15) is 14.4 Å². The smallest absolute Gasteiger partial charge is 0.350 e. The number of nitrogens with one attached hydrogen (secondary N) is 2. The lowest BCUT2D eigenvalue weighted by molar-refractivity contribution is -0.222. The summed E-state index contributed by atoms with van der Waals surface area (Å²) in [6, 6.07) is 6.71. The second-order valence-corrected chi connectivity index (χ2v) is 6.57. The van der Waals surface area contributed by atoms with Crippen LogP contribution in [0.3, 0.4) is 0 Å². The Balaban J connectivity index is 2.08. The molecule has 0 bridgehead atoms. The maximum atomic E-state index is 12.1. The third-order valence-electron chi connectivity index (χ3n) is 3.30. The number of rotatable bonds is 5. The molecular weight excluding hydrogens is 324 g/mol. The minimum Gasteiger partial charge on any atom is -0.419 e. The first-order valence-electron chi connectivity index (χ1n) is 7.99. The van der Waals surface area contributed by atoms with Crippen LogP contribution in [-0.4, -0.2) is 30.2 Å². The van der Waals surface area contributed by atoms with Gasteiger partial charge in [-0.2, -0.15) is 0 Å². The maximum absolute atomic E-state index is 12.1. The van der Waals surface area contributed by atoms with Crippen molar-refractivity contribution in [1.29, 1.82) is 0 Å². The van der Waals surface area contributed by atoms with E-state index >= 15 is 0 Å². The summed E-state index contributed by atoms with van der Waals surface area (Å²) in [7, 11) is 0. The Morgan fingerprint density at radius 2 is 1.84 bits per heavy atom. The number of carbonyl (C=O) groups is 3. The zero-order chi connectivity index (χ0) is 18.6. The highest BCUT2D eigenvalue weighted by Crippen LogP contribution is 2.22. The van der Waals surface area contributed by atoms with Crippen molar-refractivity contribution in [3.8, 4) is 0 Å². The molecule has 0 saturated carbocycles. The van der Waals surface area contributed by atoms with E-state index in [2.05, 4.69) is 10.6 Å². The van der Waals surface area contributed by atoms with E-state index in [0.29, 0.717) is 23.7 Å². The molecule has 1 fully saturated rings. The van der Waals surface area contributed by atoms with Crippen LogP contribution in [0.2, 0.25) is 0 Å². The Bertz CT molecular complexity index is 700. The third kappa shape index (κ3) is 5.07. The number of anilines is 1. The van der Waals surface area contributed by atoms with Gasteiger partial charge in [0.1, 0.15) is 0 Å². The molecule has 2 rings (SSSR count). The normalized spacial score (nSPS) is 16.1. The van der Waals surface area contributed by atoms with Gasteiger partial charge in [-0.05, 0) is 24.1 Å². The van der Waals surface area contributed by atoms with Crippen molar-refractivity contribution in [1.82, 2.24) is 5.32 Å². The summed E-state index contributed by atoms with van der Waals surface area (Å²) < 4.78 is 10.0. The van der Waals surface area contributed by atoms with Crippen LogP contribution in [0.4, 0.5) is 5.69 Å². The third-order valence-corrected chi connectivity index (χ3v) is 3.30. The first-order chi connectivity index (χ1) is 11.7. The second-order valence-electron chi connectivity index (χ2n) is 6.57. The van der Waals surface area contributed by atoms with Crippen molar-refractivity contribution in [3.05, 3.63) is 41.6 Å². The molecule has 1 saturated heterocycles. The lowest BCUT2D eigenvalue weighted by Crippen LogP contribution is -2.42. The standard InChI is InChI=1S/C18H22N2O5/c1-11(2)9-20-15(21)12-6-5-7-13(8-12)19-10-14-16(22)24-18(3,4)25-17(14)23/h5-8,10-11,19H,9H2,1-4H3,(H,20,21). The predicted molar refractivity (Wildman–Crippen MR) is 91.6 cm³/mol. The van der Waals surface area contributed by atoms with Gasteiger partial charge in [0, 0.05) is 37.8 Å². The van der Waals surface area contributed by atoms with Gasteiger partial charge in [-0.3, -0.25) is 4.79 Å². The Morgan fingerprint density at radius 3 is 2.44 bits per heavy atom. The molecule has 0 atom stereocenters. The van der Waals surface area contributed by atoms with Crippen molar-refractivity contribution in [2.75, 3.05) is 11.9 Å². The van der Waals surface area contributed by atoms with E-state index in [-0.39, 0.29) is 11.5 Å². The van der Waals surface area contributed by atoms with Crippen LogP contribution in [0, 0.1) is 5.92 Å². The summed E-state index contributed by atoms with van der Waals surface area (Å²) in [5, 5.41) is 5.64. The van der Waals surface area contributed by atoms with Crippen molar-refractivity contribution < 1.29 is 23.9 Å².